The molecule has 0 aliphatic heterocycles. The zero-order chi connectivity index (χ0) is 22.0. The number of halogens is 1. The lowest BCUT2D eigenvalue weighted by molar-refractivity contribution is 0.0993. The van der Waals surface area contributed by atoms with Crippen LogP contribution >= 0.6 is 34.3 Å². The number of thiophene rings is 1. The molecule has 0 aliphatic carbocycles. The summed E-state index contributed by atoms with van der Waals surface area (Å²) in [6.45, 7) is 0. The summed E-state index contributed by atoms with van der Waals surface area (Å²) in [7, 11) is 0. The highest BCUT2D eigenvalue weighted by Gasteiger charge is 2.15. The maximum Gasteiger partial charge on any atom is 0.265 e. The van der Waals surface area contributed by atoms with Gasteiger partial charge in [0.25, 0.3) is 17.7 Å². The van der Waals surface area contributed by atoms with E-state index >= 15 is 0 Å². The molecule has 4 aromatic rings. The Balaban J connectivity index is 1.48. The zero-order valence-electron chi connectivity index (χ0n) is 15.6. The van der Waals surface area contributed by atoms with Gasteiger partial charge in [0.05, 0.1) is 21.3 Å². The first-order valence-electron chi connectivity index (χ1n) is 8.80. The van der Waals surface area contributed by atoms with Crippen LogP contribution in [0.4, 0.5) is 10.8 Å². The van der Waals surface area contributed by atoms with Crippen LogP contribution in [0, 0.1) is 0 Å². The van der Waals surface area contributed by atoms with Crippen molar-refractivity contribution >= 4 is 62.8 Å². The Hall–Kier alpha value is -3.47. The molecule has 0 radical (unpaired) electrons. The molecule has 3 aromatic heterocycles. The van der Waals surface area contributed by atoms with E-state index in [1.54, 1.807) is 47.3 Å². The van der Waals surface area contributed by atoms with E-state index in [1.807, 2.05) is 0 Å². The van der Waals surface area contributed by atoms with Gasteiger partial charge in [-0.05, 0) is 35.7 Å². The number of nitrogens with zero attached hydrogens (tertiary/aromatic N) is 1. The second kappa shape index (κ2) is 8.72. The fourth-order valence-corrected chi connectivity index (χ4v) is 4.17. The molecule has 0 saturated heterocycles. The Kier molecular flexibility index (Phi) is 5.85. The number of nitrogens with one attached hydrogen (secondary N) is 3. The van der Waals surface area contributed by atoms with E-state index in [-0.39, 0.29) is 11.6 Å². The van der Waals surface area contributed by atoms with Crippen molar-refractivity contribution in [3.05, 3.63) is 74.5 Å². The Morgan fingerprint density at radius 2 is 1.90 bits per heavy atom. The lowest BCUT2D eigenvalue weighted by Crippen LogP contribution is -2.14. The predicted molar refractivity (Wildman–Crippen MR) is 122 cm³/mol. The van der Waals surface area contributed by atoms with Crippen LogP contribution in [0.5, 0.6) is 0 Å². The van der Waals surface area contributed by atoms with Crippen molar-refractivity contribution in [1.82, 2.24) is 9.97 Å². The van der Waals surface area contributed by atoms with E-state index in [0.717, 1.165) is 0 Å². The number of amides is 3. The fraction of sp³-hybridized carbons (Fsp3) is 0. The third-order valence-corrected chi connectivity index (χ3v) is 6.15. The summed E-state index contributed by atoms with van der Waals surface area (Å²) in [4.78, 5) is 43.8. The zero-order valence-corrected chi connectivity index (χ0v) is 18.0. The average Bonchev–Trinajstić information content (AvgIpc) is 3.50. The number of anilines is 2. The lowest BCUT2D eigenvalue weighted by Gasteiger charge is -2.09. The standard InChI is InChI=1S/C20H14ClN5O3S2/c21-12-4-3-10(6-13(12)24-19(29)16-2-1-5-30-16)18(28)26-20-25-15(9-31-20)11-7-14(17(22)27)23-8-11/h1-9,23H,(H2,22,27)(H,24,29)(H,25,26,28). The monoisotopic (exact) mass is 471 g/mol. The molecule has 0 atom stereocenters. The summed E-state index contributed by atoms with van der Waals surface area (Å²) in [5, 5.41) is 9.67. The Labute approximate surface area is 189 Å². The number of rotatable bonds is 6. The third-order valence-electron chi connectivity index (χ3n) is 4.19. The highest BCUT2D eigenvalue weighted by molar-refractivity contribution is 7.14. The largest absolute Gasteiger partial charge is 0.364 e. The van der Waals surface area contributed by atoms with Gasteiger partial charge in [0.2, 0.25) is 0 Å². The van der Waals surface area contributed by atoms with Gasteiger partial charge in [-0.15, -0.1) is 22.7 Å². The van der Waals surface area contributed by atoms with Crippen LogP contribution in [0.25, 0.3) is 11.3 Å². The van der Waals surface area contributed by atoms with E-state index < -0.39 is 11.8 Å². The number of nitrogens with two attached hydrogens (primary N) is 1. The molecule has 0 saturated carbocycles. The van der Waals surface area contributed by atoms with Crippen molar-refractivity contribution in [2.45, 2.75) is 0 Å². The van der Waals surface area contributed by atoms with Crippen molar-refractivity contribution in [2.75, 3.05) is 10.6 Å². The number of carbonyl (C=O) groups is 3. The van der Waals surface area contributed by atoms with Crippen molar-refractivity contribution in [3.63, 3.8) is 0 Å². The molecule has 4 rings (SSSR count). The number of thiazole rings is 1. The summed E-state index contributed by atoms with van der Waals surface area (Å²) in [6.07, 6.45) is 1.61. The number of benzene rings is 1. The normalized spacial score (nSPS) is 10.6. The first-order valence-corrected chi connectivity index (χ1v) is 10.9. The lowest BCUT2D eigenvalue weighted by atomic mass is 10.2. The van der Waals surface area contributed by atoms with Gasteiger partial charge in [0.1, 0.15) is 5.69 Å². The van der Waals surface area contributed by atoms with E-state index in [0.29, 0.717) is 37.5 Å². The summed E-state index contributed by atoms with van der Waals surface area (Å²) in [5.74, 6) is -1.28. The molecule has 0 spiro atoms. The van der Waals surface area contributed by atoms with Crippen molar-refractivity contribution in [1.29, 1.82) is 0 Å². The van der Waals surface area contributed by atoms with Crippen LogP contribution in [0.1, 0.15) is 30.5 Å². The molecule has 11 heteroatoms. The molecule has 8 nitrogen and oxygen atoms in total. The number of aromatic amines is 1. The minimum atomic E-state index is -0.570. The Bertz CT molecular complexity index is 1280. The van der Waals surface area contributed by atoms with Crippen LogP contribution < -0.4 is 16.4 Å². The van der Waals surface area contributed by atoms with Crippen molar-refractivity contribution in [3.8, 4) is 11.3 Å². The molecule has 3 amide bonds. The number of primary amides is 1. The van der Waals surface area contributed by atoms with Gasteiger partial charge in [0, 0.05) is 22.7 Å². The van der Waals surface area contributed by atoms with Gasteiger partial charge in [-0.3, -0.25) is 19.7 Å². The van der Waals surface area contributed by atoms with Gasteiger partial charge in [-0.1, -0.05) is 17.7 Å². The van der Waals surface area contributed by atoms with E-state index in [9.17, 15) is 14.4 Å². The topological polar surface area (TPSA) is 130 Å². The molecular weight excluding hydrogens is 458 g/mol. The van der Waals surface area contributed by atoms with Gasteiger partial charge >= 0.3 is 0 Å². The number of carbonyl (C=O) groups excluding carboxylic acids is 3. The quantitative estimate of drug-likeness (QED) is 0.330. The molecule has 0 aliphatic rings. The van der Waals surface area contributed by atoms with E-state index in [4.69, 9.17) is 17.3 Å². The second-order valence-corrected chi connectivity index (χ2v) is 8.50. The third kappa shape index (κ3) is 4.66. The van der Waals surface area contributed by atoms with Crippen LogP contribution in [-0.4, -0.2) is 27.7 Å². The molecular formula is C20H14ClN5O3S2. The van der Waals surface area contributed by atoms with Crippen molar-refractivity contribution in [2.24, 2.45) is 5.73 Å². The van der Waals surface area contributed by atoms with Gasteiger partial charge in [-0.25, -0.2) is 4.98 Å². The average molecular weight is 472 g/mol. The highest BCUT2D eigenvalue weighted by Crippen LogP contribution is 2.27. The van der Waals surface area contributed by atoms with E-state index in [2.05, 4.69) is 20.6 Å². The molecule has 5 N–H and O–H groups in total. The van der Waals surface area contributed by atoms with Crippen LogP contribution in [-0.2, 0) is 0 Å². The molecule has 3 heterocycles. The van der Waals surface area contributed by atoms with Crippen LogP contribution in [0.2, 0.25) is 5.02 Å². The van der Waals surface area contributed by atoms with E-state index in [1.165, 1.54) is 28.7 Å². The van der Waals surface area contributed by atoms with Crippen LogP contribution in [0.3, 0.4) is 0 Å². The molecule has 0 unspecified atom stereocenters. The highest BCUT2D eigenvalue weighted by atomic mass is 35.5. The molecule has 1 aromatic carbocycles. The summed E-state index contributed by atoms with van der Waals surface area (Å²) < 4.78 is 0. The molecule has 31 heavy (non-hydrogen) atoms. The first-order chi connectivity index (χ1) is 14.9. The minimum Gasteiger partial charge on any atom is -0.364 e. The predicted octanol–water partition coefficient (Wildman–Crippen LogP) is 4.46. The van der Waals surface area contributed by atoms with Crippen LogP contribution in [0.15, 0.2) is 53.4 Å². The maximum absolute atomic E-state index is 12.7. The van der Waals surface area contributed by atoms with Gasteiger partial charge in [-0.2, -0.15) is 0 Å². The number of aromatic nitrogens is 2. The molecule has 0 fully saturated rings. The minimum absolute atomic E-state index is 0.270. The number of H-pyrrole nitrogens is 1. The number of hydrogen-bond donors (Lipinski definition) is 4. The van der Waals surface area contributed by atoms with Gasteiger partial charge in [0.15, 0.2) is 5.13 Å². The van der Waals surface area contributed by atoms with Crippen molar-refractivity contribution < 1.29 is 14.4 Å². The maximum atomic E-state index is 12.7. The fourth-order valence-electron chi connectivity index (χ4n) is 2.67. The van der Waals surface area contributed by atoms with Gasteiger partial charge < -0.3 is 16.0 Å². The number of hydrogen-bond acceptors (Lipinski definition) is 6. The smallest absolute Gasteiger partial charge is 0.265 e. The summed E-state index contributed by atoms with van der Waals surface area (Å²) in [5.41, 5.74) is 7.41. The second-order valence-electron chi connectivity index (χ2n) is 6.28. The Morgan fingerprint density at radius 3 is 2.61 bits per heavy atom. The molecule has 156 valence electrons. The summed E-state index contributed by atoms with van der Waals surface area (Å²) in [6, 6.07) is 9.65. The molecule has 0 bridgehead atoms. The Morgan fingerprint density at radius 1 is 1.06 bits per heavy atom. The first kappa shape index (κ1) is 20.8. The summed E-state index contributed by atoms with van der Waals surface area (Å²) >= 11 is 8.71. The SMILES string of the molecule is NC(=O)c1cc(-c2csc(NC(=O)c3ccc(Cl)c(NC(=O)c4cccs4)c3)n2)c[nH]1.